The first-order chi connectivity index (χ1) is 15.8. The van der Waals surface area contributed by atoms with Crippen LogP contribution in [0.15, 0.2) is 91.0 Å². The Kier molecular flexibility index (Phi) is 6.58. The lowest BCUT2D eigenvalue weighted by molar-refractivity contribution is -0.163. The molecule has 1 fully saturated rings. The fourth-order valence-corrected chi connectivity index (χ4v) is 8.34. The van der Waals surface area contributed by atoms with Gasteiger partial charge in [-0.25, -0.2) is 0 Å². The summed E-state index contributed by atoms with van der Waals surface area (Å²) in [4.78, 5) is 13.2. The molecule has 0 saturated carbocycles. The van der Waals surface area contributed by atoms with Crippen molar-refractivity contribution in [3.05, 3.63) is 96.6 Å². The van der Waals surface area contributed by atoms with Gasteiger partial charge in [-0.05, 0) is 25.8 Å². The zero-order valence-corrected chi connectivity index (χ0v) is 19.6. The normalized spacial score (nSPS) is 23.5. The van der Waals surface area contributed by atoms with E-state index in [2.05, 4.69) is 0 Å². The summed E-state index contributed by atoms with van der Waals surface area (Å²) in [5.74, 6) is -1.27. The van der Waals surface area contributed by atoms with E-state index >= 15 is 4.57 Å². The smallest absolute Gasteiger partial charge is 0.310 e. The molecule has 0 aliphatic carbocycles. The third kappa shape index (κ3) is 4.29. The van der Waals surface area contributed by atoms with E-state index in [1.165, 1.54) is 13.8 Å². The summed E-state index contributed by atoms with van der Waals surface area (Å²) in [6.45, 7) is 2.89. The zero-order chi connectivity index (χ0) is 23.6. The Hall–Kier alpha value is -2.72. The first kappa shape index (κ1) is 23.4. The maximum atomic E-state index is 15.2. The van der Waals surface area contributed by atoms with Crippen LogP contribution in [0, 0.1) is 5.92 Å². The number of esters is 1. The van der Waals surface area contributed by atoms with E-state index in [0.717, 1.165) is 5.56 Å². The van der Waals surface area contributed by atoms with Crippen LogP contribution in [-0.4, -0.2) is 39.7 Å². The average molecular weight is 464 g/mol. The molecular weight excluding hydrogens is 435 g/mol. The number of ether oxygens (including phenoxy) is 1. The molecule has 2 N–H and O–H groups in total. The molecule has 33 heavy (non-hydrogen) atoms. The van der Waals surface area contributed by atoms with Gasteiger partial charge in [-0.15, -0.1) is 0 Å². The van der Waals surface area contributed by atoms with E-state index in [1.54, 1.807) is 24.3 Å². The van der Waals surface area contributed by atoms with Crippen LogP contribution in [0.5, 0.6) is 0 Å². The van der Waals surface area contributed by atoms with Gasteiger partial charge in [-0.3, -0.25) is 4.79 Å². The standard InChI is InChI=1S/C27H29O5P/c1-19(28)27(2,30)25-24(23(26(29)32-25)18-20-12-6-3-7-13-20)33(31,21-14-8-4-9-15-21)22-16-10-5-11-17-22/h3-17,19,23-25,28,30H,18H2,1-2H3/t19-,23-,24-,25+,27+/m1/s1. The Morgan fingerprint density at radius 3 is 1.82 bits per heavy atom. The van der Waals surface area contributed by atoms with Gasteiger partial charge in [0.1, 0.15) is 11.7 Å². The van der Waals surface area contributed by atoms with E-state index in [1.807, 2.05) is 66.7 Å². The number of cyclic esters (lactones) is 1. The maximum Gasteiger partial charge on any atom is 0.310 e. The van der Waals surface area contributed by atoms with Gasteiger partial charge in [0, 0.05) is 10.6 Å². The summed E-state index contributed by atoms with van der Waals surface area (Å²) < 4.78 is 21.0. The Balaban J connectivity index is 1.94. The summed E-state index contributed by atoms with van der Waals surface area (Å²) in [5.41, 5.74) is -1.74. The molecule has 4 rings (SSSR count). The second kappa shape index (κ2) is 9.26. The first-order valence-electron chi connectivity index (χ1n) is 11.1. The van der Waals surface area contributed by atoms with Gasteiger partial charge in [0.05, 0.1) is 17.7 Å². The van der Waals surface area contributed by atoms with Crippen molar-refractivity contribution in [1.29, 1.82) is 0 Å². The third-order valence-electron chi connectivity index (χ3n) is 6.69. The van der Waals surface area contributed by atoms with Crippen molar-refractivity contribution in [1.82, 2.24) is 0 Å². The minimum atomic E-state index is -3.51. The first-order valence-corrected chi connectivity index (χ1v) is 12.9. The van der Waals surface area contributed by atoms with Crippen molar-refractivity contribution in [2.45, 2.75) is 43.7 Å². The summed E-state index contributed by atoms with van der Waals surface area (Å²) in [7, 11) is -3.51. The Morgan fingerprint density at radius 2 is 1.36 bits per heavy atom. The maximum absolute atomic E-state index is 15.2. The van der Waals surface area contributed by atoms with E-state index in [0.29, 0.717) is 17.0 Å². The van der Waals surface area contributed by atoms with Crippen molar-refractivity contribution in [2.24, 2.45) is 5.92 Å². The van der Waals surface area contributed by atoms with Crippen LogP contribution in [0.1, 0.15) is 19.4 Å². The molecule has 5 nitrogen and oxygen atoms in total. The predicted octanol–water partition coefficient (Wildman–Crippen LogP) is 3.29. The molecule has 1 aliphatic heterocycles. The average Bonchev–Trinajstić information content (AvgIpc) is 3.17. The molecule has 0 spiro atoms. The number of rotatable bonds is 7. The fourth-order valence-electron chi connectivity index (χ4n) is 4.64. The molecule has 0 aromatic heterocycles. The van der Waals surface area contributed by atoms with Gasteiger partial charge in [0.2, 0.25) is 0 Å². The van der Waals surface area contributed by atoms with Crippen molar-refractivity contribution in [2.75, 3.05) is 0 Å². The number of benzene rings is 3. The molecule has 1 heterocycles. The number of hydrogen-bond acceptors (Lipinski definition) is 5. The third-order valence-corrected chi connectivity index (χ3v) is 10.3. The van der Waals surface area contributed by atoms with Crippen molar-refractivity contribution >= 4 is 23.7 Å². The summed E-state index contributed by atoms with van der Waals surface area (Å²) in [6.07, 6.45) is -2.03. The molecule has 172 valence electrons. The van der Waals surface area contributed by atoms with Crippen LogP contribution in [0.4, 0.5) is 0 Å². The highest BCUT2D eigenvalue weighted by atomic mass is 31.2. The van der Waals surface area contributed by atoms with Crippen LogP contribution in [0.25, 0.3) is 0 Å². The van der Waals surface area contributed by atoms with Crippen LogP contribution in [-0.2, 0) is 20.5 Å². The topological polar surface area (TPSA) is 83.8 Å². The highest BCUT2D eigenvalue weighted by molar-refractivity contribution is 7.79. The molecule has 0 radical (unpaired) electrons. The SMILES string of the molecule is C[C@@H](O)[C@](C)(O)[C@H]1OC(=O)[C@H](Cc2ccccc2)[C@H]1P(=O)(c1ccccc1)c1ccccc1. The number of aliphatic hydroxyl groups excluding tert-OH is 1. The highest BCUT2D eigenvalue weighted by Crippen LogP contribution is 2.58. The van der Waals surface area contributed by atoms with E-state index < -0.39 is 42.5 Å². The predicted molar refractivity (Wildman–Crippen MR) is 129 cm³/mol. The van der Waals surface area contributed by atoms with Gasteiger partial charge in [-0.2, -0.15) is 0 Å². The largest absolute Gasteiger partial charge is 0.458 e. The molecule has 0 unspecified atom stereocenters. The summed E-state index contributed by atoms with van der Waals surface area (Å²) >= 11 is 0. The number of hydrogen-bond donors (Lipinski definition) is 2. The monoisotopic (exact) mass is 464 g/mol. The molecule has 3 aromatic rings. The van der Waals surface area contributed by atoms with Crippen LogP contribution in [0.3, 0.4) is 0 Å². The van der Waals surface area contributed by atoms with Crippen LogP contribution >= 0.6 is 7.14 Å². The summed E-state index contributed by atoms with van der Waals surface area (Å²) in [5, 5.41) is 22.8. The second-order valence-electron chi connectivity index (χ2n) is 8.88. The van der Waals surface area contributed by atoms with E-state index in [4.69, 9.17) is 4.74 Å². The quantitative estimate of drug-likeness (QED) is 0.414. The molecule has 0 amide bonds. The van der Waals surface area contributed by atoms with E-state index in [-0.39, 0.29) is 0 Å². The van der Waals surface area contributed by atoms with Gasteiger partial charge in [0.25, 0.3) is 0 Å². The molecule has 1 saturated heterocycles. The molecule has 5 atom stereocenters. The van der Waals surface area contributed by atoms with Crippen LogP contribution in [0.2, 0.25) is 0 Å². The molecular formula is C27H29O5P. The minimum Gasteiger partial charge on any atom is -0.458 e. The van der Waals surface area contributed by atoms with Crippen molar-refractivity contribution in [3.8, 4) is 0 Å². The number of aliphatic hydroxyl groups is 2. The summed E-state index contributed by atoms with van der Waals surface area (Å²) in [6, 6.07) is 27.7. The Bertz CT molecular complexity index is 1090. The molecule has 0 bridgehead atoms. The lowest BCUT2D eigenvalue weighted by atomic mass is 9.86. The number of carbonyl (C=O) groups excluding carboxylic acids is 1. The Labute approximate surface area is 194 Å². The van der Waals surface area contributed by atoms with Gasteiger partial charge < -0.3 is 19.5 Å². The zero-order valence-electron chi connectivity index (χ0n) is 18.7. The second-order valence-corrected chi connectivity index (χ2v) is 11.8. The molecule has 6 heteroatoms. The van der Waals surface area contributed by atoms with Gasteiger partial charge in [-0.1, -0.05) is 91.0 Å². The Morgan fingerprint density at radius 1 is 0.909 bits per heavy atom. The van der Waals surface area contributed by atoms with E-state index in [9.17, 15) is 15.0 Å². The van der Waals surface area contributed by atoms with Crippen molar-refractivity contribution in [3.63, 3.8) is 0 Å². The highest BCUT2D eigenvalue weighted by Gasteiger charge is 2.60. The molecule has 1 aliphatic rings. The minimum absolute atomic E-state index is 0.320. The lowest BCUT2D eigenvalue weighted by Gasteiger charge is -2.39. The lowest BCUT2D eigenvalue weighted by Crippen LogP contribution is -2.54. The van der Waals surface area contributed by atoms with Gasteiger partial charge >= 0.3 is 5.97 Å². The van der Waals surface area contributed by atoms with Crippen LogP contribution < -0.4 is 10.6 Å². The fraction of sp³-hybridized carbons (Fsp3) is 0.296. The molecule has 3 aromatic carbocycles. The van der Waals surface area contributed by atoms with Crippen molar-refractivity contribution < 1.29 is 24.3 Å². The van der Waals surface area contributed by atoms with Gasteiger partial charge in [0.15, 0.2) is 7.14 Å². The number of carbonyl (C=O) groups is 1.